The molecule has 0 aliphatic carbocycles. The van der Waals surface area contributed by atoms with Crippen LogP contribution in [0.2, 0.25) is 5.15 Å². The first-order valence-corrected chi connectivity index (χ1v) is 7.49. The predicted molar refractivity (Wildman–Crippen MR) is 84.0 cm³/mol. The lowest BCUT2D eigenvalue weighted by molar-refractivity contribution is 0.188. The summed E-state index contributed by atoms with van der Waals surface area (Å²) in [6.45, 7) is 4.71. The maximum absolute atomic E-state index is 9.16. The van der Waals surface area contributed by atoms with Crippen molar-refractivity contribution in [1.82, 2.24) is 9.88 Å². The maximum Gasteiger partial charge on any atom is 0.134 e. The van der Waals surface area contributed by atoms with E-state index in [1.54, 1.807) is 0 Å². The van der Waals surface area contributed by atoms with Gasteiger partial charge >= 0.3 is 0 Å². The maximum atomic E-state index is 9.16. The number of aliphatic hydroxyl groups excluding tert-OH is 1. The zero-order valence-electron chi connectivity index (χ0n) is 11.8. The van der Waals surface area contributed by atoms with Crippen LogP contribution in [-0.2, 0) is 6.54 Å². The second-order valence-corrected chi connectivity index (χ2v) is 5.34. The molecule has 0 aliphatic rings. The van der Waals surface area contributed by atoms with E-state index >= 15 is 0 Å². The highest BCUT2D eigenvalue weighted by molar-refractivity contribution is 6.30. The molecule has 108 valence electrons. The smallest absolute Gasteiger partial charge is 0.134 e. The van der Waals surface area contributed by atoms with Gasteiger partial charge in [0.05, 0.1) is 12.1 Å². The number of pyridine rings is 1. The molecule has 0 saturated heterocycles. The number of halogens is 1. The number of aliphatic hydroxyl groups is 1. The van der Waals surface area contributed by atoms with Gasteiger partial charge < -0.3 is 5.11 Å². The van der Waals surface area contributed by atoms with E-state index in [1.807, 2.05) is 24.3 Å². The van der Waals surface area contributed by atoms with Crippen LogP contribution in [0.5, 0.6) is 0 Å². The zero-order chi connectivity index (χ0) is 14.4. The van der Waals surface area contributed by atoms with Gasteiger partial charge in [0, 0.05) is 24.0 Å². The molecule has 2 aromatic rings. The van der Waals surface area contributed by atoms with Crippen LogP contribution >= 0.6 is 11.6 Å². The van der Waals surface area contributed by atoms with E-state index < -0.39 is 0 Å². The third-order valence-corrected chi connectivity index (χ3v) is 3.72. The lowest BCUT2D eigenvalue weighted by atomic mass is 10.1. The third kappa shape index (κ3) is 3.92. The van der Waals surface area contributed by atoms with Crippen molar-refractivity contribution in [3.8, 4) is 0 Å². The molecule has 2 rings (SSSR count). The summed E-state index contributed by atoms with van der Waals surface area (Å²) in [5.74, 6) is 0. The topological polar surface area (TPSA) is 36.4 Å². The van der Waals surface area contributed by atoms with Crippen molar-refractivity contribution in [1.29, 1.82) is 0 Å². The van der Waals surface area contributed by atoms with E-state index in [0.717, 1.165) is 42.4 Å². The van der Waals surface area contributed by atoms with Crippen LogP contribution in [0.15, 0.2) is 30.3 Å². The molecule has 1 aromatic heterocycles. The van der Waals surface area contributed by atoms with Crippen LogP contribution in [0.25, 0.3) is 10.9 Å². The fourth-order valence-corrected chi connectivity index (χ4v) is 2.49. The summed E-state index contributed by atoms with van der Waals surface area (Å²) in [5.41, 5.74) is 1.94. The van der Waals surface area contributed by atoms with E-state index in [0.29, 0.717) is 11.7 Å². The van der Waals surface area contributed by atoms with Gasteiger partial charge in [-0.05, 0) is 25.1 Å². The van der Waals surface area contributed by atoms with E-state index in [1.165, 1.54) is 0 Å². The van der Waals surface area contributed by atoms with Gasteiger partial charge in [-0.25, -0.2) is 4.98 Å². The largest absolute Gasteiger partial charge is 0.395 e. The monoisotopic (exact) mass is 292 g/mol. The van der Waals surface area contributed by atoms with Crippen LogP contribution in [0.4, 0.5) is 0 Å². The summed E-state index contributed by atoms with van der Waals surface area (Å²) in [6, 6.07) is 10.1. The van der Waals surface area contributed by atoms with Gasteiger partial charge in [0.25, 0.3) is 0 Å². The Morgan fingerprint density at radius 1 is 1.25 bits per heavy atom. The van der Waals surface area contributed by atoms with Crippen molar-refractivity contribution in [3.05, 3.63) is 41.0 Å². The van der Waals surface area contributed by atoms with E-state index in [9.17, 15) is 0 Å². The van der Waals surface area contributed by atoms with Crippen LogP contribution in [0.3, 0.4) is 0 Å². The molecular weight excluding hydrogens is 272 g/mol. The normalized spacial score (nSPS) is 11.4. The molecule has 0 aliphatic heterocycles. The molecule has 1 N–H and O–H groups in total. The Labute approximate surface area is 125 Å². The van der Waals surface area contributed by atoms with E-state index in [-0.39, 0.29) is 6.61 Å². The van der Waals surface area contributed by atoms with Gasteiger partial charge in [-0.1, -0.05) is 43.1 Å². The predicted octanol–water partition coefficient (Wildman–Crippen LogP) is 3.48. The number of rotatable bonds is 7. The molecule has 3 nitrogen and oxygen atoms in total. The Morgan fingerprint density at radius 2 is 2.05 bits per heavy atom. The minimum atomic E-state index is 0.169. The number of fused-ring (bicyclic) bond motifs is 1. The van der Waals surface area contributed by atoms with Crippen molar-refractivity contribution >= 4 is 22.5 Å². The molecule has 20 heavy (non-hydrogen) atoms. The molecular formula is C16H21ClN2O. The summed E-state index contributed by atoms with van der Waals surface area (Å²) in [7, 11) is 0. The highest BCUT2D eigenvalue weighted by atomic mass is 35.5. The molecule has 0 saturated carbocycles. The lowest BCUT2D eigenvalue weighted by Crippen LogP contribution is -2.27. The van der Waals surface area contributed by atoms with Crippen molar-refractivity contribution in [2.45, 2.75) is 26.3 Å². The van der Waals surface area contributed by atoms with Crippen LogP contribution in [-0.4, -0.2) is 34.7 Å². The summed E-state index contributed by atoms with van der Waals surface area (Å²) < 4.78 is 0. The Hall–Kier alpha value is -1.16. The molecule has 4 heteroatoms. The van der Waals surface area contributed by atoms with Crippen molar-refractivity contribution < 1.29 is 5.11 Å². The number of aromatic nitrogens is 1. The zero-order valence-corrected chi connectivity index (χ0v) is 12.6. The van der Waals surface area contributed by atoms with Gasteiger partial charge in [0.15, 0.2) is 0 Å². The molecule has 0 bridgehead atoms. The first-order chi connectivity index (χ1) is 9.74. The Morgan fingerprint density at radius 3 is 2.80 bits per heavy atom. The highest BCUT2D eigenvalue weighted by Crippen LogP contribution is 2.21. The molecule has 0 spiro atoms. The van der Waals surface area contributed by atoms with E-state index in [2.05, 4.69) is 22.9 Å². The van der Waals surface area contributed by atoms with Crippen molar-refractivity contribution in [2.24, 2.45) is 0 Å². The minimum absolute atomic E-state index is 0.169. The average Bonchev–Trinajstić information content (AvgIpc) is 2.45. The lowest BCUT2D eigenvalue weighted by Gasteiger charge is -2.21. The van der Waals surface area contributed by atoms with Crippen LogP contribution < -0.4 is 0 Å². The van der Waals surface area contributed by atoms with Gasteiger partial charge in [-0.3, -0.25) is 4.90 Å². The van der Waals surface area contributed by atoms with Crippen molar-refractivity contribution in [3.63, 3.8) is 0 Å². The number of benzene rings is 1. The first kappa shape index (κ1) is 15.2. The standard InChI is InChI=1S/C16H21ClN2O/c1-2-3-8-19(9-10-20)12-14-11-13-6-4-5-7-15(13)18-16(14)17/h4-7,11,20H,2-3,8-10,12H2,1H3. The number of para-hydroxylation sites is 1. The Kier molecular flexibility index (Phi) is 5.77. The van der Waals surface area contributed by atoms with Crippen LogP contribution in [0.1, 0.15) is 25.3 Å². The molecule has 0 unspecified atom stereocenters. The molecule has 1 heterocycles. The molecule has 0 atom stereocenters. The Bertz CT molecular complexity index is 559. The number of hydrogen-bond acceptors (Lipinski definition) is 3. The number of unbranched alkanes of at least 4 members (excludes halogenated alkanes) is 1. The Balaban J connectivity index is 2.19. The second-order valence-electron chi connectivity index (χ2n) is 4.98. The average molecular weight is 293 g/mol. The fourth-order valence-electron chi connectivity index (χ4n) is 2.28. The molecule has 1 aromatic carbocycles. The second kappa shape index (κ2) is 7.58. The summed E-state index contributed by atoms with van der Waals surface area (Å²) in [4.78, 5) is 6.67. The first-order valence-electron chi connectivity index (χ1n) is 7.12. The summed E-state index contributed by atoms with van der Waals surface area (Å²) in [6.07, 6.45) is 2.27. The summed E-state index contributed by atoms with van der Waals surface area (Å²) in [5, 5.41) is 10.8. The number of hydrogen-bond donors (Lipinski definition) is 1. The SMILES string of the molecule is CCCCN(CCO)Cc1cc2ccccc2nc1Cl. The molecule has 0 radical (unpaired) electrons. The minimum Gasteiger partial charge on any atom is -0.395 e. The van der Waals surface area contributed by atoms with Crippen molar-refractivity contribution in [2.75, 3.05) is 19.7 Å². The van der Waals surface area contributed by atoms with Gasteiger partial charge in [0.1, 0.15) is 5.15 Å². The molecule has 0 amide bonds. The summed E-state index contributed by atoms with van der Waals surface area (Å²) >= 11 is 6.28. The molecule has 0 fully saturated rings. The van der Waals surface area contributed by atoms with Gasteiger partial charge in [-0.15, -0.1) is 0 Å². The van der Waals surface area contributed by atoms with Crippen LogP contribution in [0, 0.1) is 0 Å². The fraction of sp³-hybridized carbons (Fsp3) is 0.438. The highest BCUT2D eigenvalue weighted by Gasteiger charge is 2.10. The number of nitrogens with zero attached hydrogens (tertiary/aromatic N) is 2. The van der Waals surface area contributed by atoms with Gasteiger partial charge in [-0.2, -0.15) is 0 Å². The quantitative estimate of drug-likeness (QED) is 0.794. The third-order valence-electron chi connectivity index (χ3n) is 3.39. The van der Waals surface area contributed by atoms with E-state index in [4.69, 9.17) is 16.7 Å². The van der Waals surface area contributed by atoms with Gasteiger partial charge in [0.2, 0.25) is 0 Å².